The number of carboxylic acids is 1. The fraction of sp³-hybridized carbons (Fsp3) is 0.375. The highest BCUT2D eigenvalue weighted by atomic mass is 79.9. The Bertz CT molecular complexity index is 1070. The van der Waals surface area contributed by atoms with Crippen molar-refractivity contribution in [1.82, 2.24) is 10.2 Å². The molecule has 2 amide bonds. The predicted octanol–water partition coefficient (Wildman–Crippen LogP) is 3.47. The standard InChI is InChI=1S/C24H25BrN2O5/c1-13(2)11-24(23(31)32)19-18(20(26-24)16-10-15(25)8-9-17(16)28)21(29)27(22(19)30)12-14-6-4-3-5-7-14/h3-10,13,18-20,26,28H,11-12H2,1-2H3,(H,31,32)/t18-,19-,20-,24+/m1/s1. The number of fused-ring (bicyclic) bond motifs is 1. The molecule has 168 valence electrons. The molecule has 4 atom stereocenters. The zero-order chi connectivity index (χ0) is 23.2. The first kappa shape index (κ1) is 22.5. The molecule has 0 saturated carbocycles. The van der Waals surface area contributed by atoms with Crippen molar-refractivity contribution >= 4 is 33.7 Å². The van der Waals surface area contributed by atoms with Crippen molar-refractivity contribution in [3.8, 4) is 5.75 Å². The van der Waals surface area contributed by atoms with Gasteiger partial charge >= 0.3 is 5.97 Å². The van der Waals surface area contributed by atoms with E-state index in [-0.39, 0.29) is 24.6 Å². The molecule has 2 heterocycles. The second kappa shape index (κ2) is 8.33. The van der Waals surface area contributed by atoms with Crippen LogP contribution >= 0.6 is 15.9 Å². The summed E-state index contributed by atoms with van der Waals surface area (Å²) in [6.07, 6.45) is 0.174. The molecule has 2 saturated heterocycles. The van der Waals surface area contributed by atoms with Gasteiger partial charge in [-0.2, -0.15) is 0 Å². The molecule has 2 fully saturated rings. The second-order valence-electron chi connectivity index (χ2n) is 8.95. The SMILES string of the molecule is CC(C)C[C@]1(C(=O)O)N[C@H](c2cc(Br)ccc2O)[C@@H]2C(=O)N(Cc3ccccc3)C(=O)[C@@H]21. The van der Waals surface area contributed by atoms with Crippen LogP contribution < -0.4 is 5.32 Å². The number of likely N-dealkylation sites (tertiary alicyclic amines) is 1. The number of carboxylic acid groups (broad SMARTS) is 1. The van der Waals surface area contributed by atoms with E-state index in [0.717, 1.165) is 5.56 Å². The van der Waals surface area contributed by atoms with E-state index < -0.39 is 41.2 Å². The number of benzene rings is 2. The van der Waals surface area contributed by atoms with Gasteiger partial charge in [0.1, 0.15) is 11.3 Å². The number of aromatic hydroxyl groups is 1. The molecule has 0 radical (unpaired) electrons. The number of nitrogens with one attached hydrogen (secondary N) is 1. The molecular weight excluding hydrogens is 476 g/mol. The smallest absolute Gasteiger partial charge is 0.324 e. The van der Waals surface area contributed by atoms with Crippen molar-refractivity contribution in [2.24, 2.45) is 17.8 Å². The Morgan fingerprint density at radius 3 is 2.47 bits per heavy atom. The maximum absolute atomic E-state index is 13.6. The Hall–Kier alpha value is -2.71. The van der Waals surface area contributed by atoms with E-state index in [1.165, 1.54) is 11.0 Å². The highest BCUT2D eigenvalue weighted by Crippen LogP contribution is 2.52. The van der Waals surface area contributed by atoms with E-state index in [0.29, 0.717) is 10.0 Å². The fourth-order valence-corrected chi connectivity index (χ4v) is 5.52. The monoisotopic (exact) mass is 500 g/mol. The summed E-state index contributed by atoms with van der Waals surface area (Å²) in [6.45, 7) is 3.85. The molecule has 0 bridgehead atoms. The Balaban J connectivity index is 1.83. The molecule has 7 nitrogen and oxygen atoms in total. The first-order valence-corrected chi connectivity index (χ1v) is 11.3. The summed E-state index contributed by atoms with van der Waals surface area (Å²) < 4.78 is 0.679. The van der Waals surface area contributed by atoms with Crippen molar-refractivity contribution in [3.05, 3.63) is 64.1 Å². The van der Waals surface area contributed by atoms with Crippen LogP contribution in [0.15, 0.2) is 53.0 Å². The lowest BCUT2D eigenvalue weighted by Gasteiger charge is -2.32. The fourth-order valence-electron chi connectivity index (χ4n) is 5.14. The lowest BCUT2D eigenvalue weighted by atomic mass is 9.75. The van der Waals surface area contributed by atoms with Gasteiger partial charge in [0.2, 0.25) is 11.8 Å². The summed E-state index contributed by atoms with van der Waals surface area (Å²) in [5.41, 5.74) is -0.436. The molecule has 2 aliphatic heterocycles. The Kier molecular flexibility index (Phi) is 5.85. The molecule has 2 aliphatic rings. The number of carbonyl (C=O) groups excluding carboxylic acids is 2. The molecule has 2 aromatic carbocycles. The highest BCUT2D eigenvalue weighted by molar-refractivity contribution is 9.10. The number of carbonyl (C=O) groups is 3. The maximum Gasteiger partial charge on any atom is 0.324 e. The van der Waals surface area contributed by atoms with Crippen LogP contribution in [0.25, 0.3) is 0 Å². The van der Waals surface area contributed by atoms with Crippen LogP contribution in [-0.2, 0) is 20.9 Å². The maximum atomic E-state index is 13.6. The first-order chi connectivity index (χ1) is 15.2. The number of amides is 2. The van der Waals surface area contributed by atoms with Gasteiger partial charge < -0.3 is 10.2 Å². The molecule has 0 aromatic heterocycles. The third-order valence-electron chi connectivity index (χ3n) is 6.37. The average molecular weight is 501 g/mol. The van der Waals surface area contributed by atoms with Gasteiger partial charge in [0.05, 0.1) is 18.4 Å². The van der Waals surface area contributed by atoms with E-state index in [9.17, 15) is 24.6 Å². The van der Waals surface area contributed by atoms with Crippen molar-refractivity contribution in [3.63, 3.8) is 0 Å². The van der Waals surface area contributed by atoms with E-state index >= 15 is 0 Å². The van der Waals surface area contributed by atoms with Gasteiger partial charge in [-0.05, 0) is 36.1 Å². The van der Waals surface area contributed by atoms with Gasteiger partial charge in [-0.15, -0.1) is 0 Å². The first-order valence-electron chi connectivity index (χ1n) is 10.5. The second-order valence-corrected chi connectivity index (χ2v) is 9.87. The van der Waals surface area contributed by atoms with Gasteiger partial charge in [-0.1, -0.05) is 60.1 Å². The minimum absolute atomic E-state index is 0.0415. The van der Waals surface area contributed by atoms with Gasteiger partial charge in [-0.25, -0.2) is 0 Å². The quantitative estimate of drug-likeness (QED) is 0.524. The number of hydrogen-bond acceptors (Lipinski definition) is 5. The summed E-state index contributed by atoms with van der Waals surface area (Å²) in [5, 5.41) is 24.0. The molecule has 0 aliphatic carbocycles. The Morgan fingerprint density at radius 1 is 1.16 bits per heavy atom. The zero-order valence-corrected chi connectivity index (χ0v) is 19.4. The Labute approximate surface area is 194 Å². The number of nitrogens with zero attached hydrogens (tertiary/aromatic N) is 1. The van der Waals surface area contributed by atoms with Gasteiger partial charge in [-0.3, -0.25) is 24.6 Å². The molecule has 32 heavy (non-hydrogen) atoms. The van der Waals surface area contributed by atoms with Gasteiger partial charge in [0.25, 0.3) is 0 Å². The summed E-state index contributed by atoms with van der Waals surface area (Å²) in [5.74, 6) is -4.18. The van der Waals surface area contributed by atoms with Crippen LogP contribution in [0.4, 0.5) is 0 Å². The van der Waals surface area contributed by atoms with Crippen molar-refractivity contribution < 1.29 is 24.6 Å². The zero-order valence-electron chi connectivity index (χ0n) is 17.8. The molecule has 0 unspecified atom stereocenters. The number of rotatable bonds is 6. The number of phenolic OH excluding ortho intramolecular Hbond substituents is 1. The van der Waals surface area contributed by atoms with Crippen LogP contribution in [0.5, 0.6) is 5.75 Å². The van der Waals surface area contributed by atoms with E-state index in [1.54, 1.807) is 12.1 Å². The molecule has 0 spiro atoms. The Morgan fingerprint density at radius 2 is 1.84 bits per heavy atom. The number of imide groups is 1. The third-order valence-corrected chi connectivity index (χ3v) is 6.86. The normalized spacial score (nSPS) is 27.2. The molecule has 3 N–H and O–H groups in total. The minimum atomic E-state index is -1.61. The summed E-state index contributed by atoms with van der Waals surface area (Å²) in [7, 11) is 0. The summed E-state index contributed by atoms with van der Waals surface area (Å²) >= 11 is 3.38. The number of hydrogen-bond donors (Lipinski definition) is 3. The topological polar surface area (TPSA) is 107 Å². The van der Waals surface area contributed by atoms with E-state index in [4.69, 9.17) is 0 Å². The van der Waals surface area contributed by atoms with Crippen molar-refractivity contribution in [1.29, 1.82) is 0 Å². The van der Waals surface area contributed by atoms with Crippen molar-refractivity contribution in [2.75, 3.05) is 0 Å². The highest BCUT2D eigenvalue weighted by Gasteiger charge is 2.68. The predicted molar refractivity (Wildman–Crippen MR) is 120 cm³/mol. The molecule has 8 heteroatoms. The van der Waals surface area contributed by atoms with E-state index in [1.807, 2.05) is 44.2 Å². The molecule has 2 aromatic rings. The molecule has 4 rings (SSSR count). The van der Waals surface area contributed by atoms with Gasteiger partial charge in [0.15, 0.2) is 0 Å². The van der Waals surface area contributed by atoms with Crippen LogP contribution in [0, 0.1) is 17.8 Å². The van der Waals surface area contributed by atoms with Crippen LogP contribution in [0.1, 0.15) is 37.4 Å². The number of aliphatic carboxylic acids is 1. The largest absolute Gasteiger partial charge is 0.508 e. The lowest BCUT2D eigenvalue weighted by Crippen LogP contribution is -2.56. The van der Waals surface area contributed by atoms with Crippen LogP contribution in [0.2, 0.25) is 0 Å². The summed E-state index contributed by atoms with van der Waals surface area (Å²) in [6, 6.07) is 13.1. The van der Waals surface area contributed by atoms with Gasteiger partial charge in [0, 0.05) is 16.1 Å². The van der Waals surface area contributed by atoms with Crippen LogP contribution in [-0.4, -0.2) is 38.4 Å². The van der Waals surface area contributed by atoms with E-state index in [2.05, 4.69) is 21.2 Å². The lowest BCUT2D eigenvalue weighted by molar-refractivity contribution is -0.152. The third kappa shape index (κ3) is 3.61. The molecular formula is C24H25BrN2O5. The minimum Gasteiger partial charge on any atom is -0.508 e. The summed E-state index contributed by atoms with van der Waals surface area (Å²) in [4.78, 5) is 40.9. The average Bonchev–Trinajstić information content (AvgIpc) is 3.20. The van der Waals surface area contributed by atoms with Crippen LogP contribution in [0.3, 0.4) is 0 Å². The number of halogens is 1. The van der Waals surface area contributed by atoms with Crippen molar-refractivity contribution in [2.45, 2.75) is 38.4 Å². The number of phenols is 1.